The van der Waals surface area contributed by atoms with Crippen LogP contribution in [0.1, 0.15) is 56.6 Å². The van der Waals surface area contributed by atoms with Gasteiger partial charge in [0.1, 0.15) is 17.4 Å². The summed E-state index contributed by atoms with van der Waals surface area (Å²) in [5.41, 5.74) is 1.52. The van der Waals surface area contributed by atoms with E-state index in [1.54, 1.807) is 6.07 Å². The number of oxime groups is 1. The lowest BCUT2D eigenvalue weighted by atomic mass is 9.80. The molecule has 9 heteroatoms. The van der Waals surface area contributed by atoms with Crippen LogP contribution in [0.2, 0.25) is 0 Å². The number of rotatable bonds is 8. The Morgan fingerprint density at radius 1 is 1.20 bits per heavy atom. The maximum absolute atomic E-state index is 14.8. The van der Waals surface area contributed by atoms with E-state index in [0.717, 1.165) is 43.2 Å². The zero-order valence-electron chi connectivity index (χ0n) is 22.9. The third kappa shape index (κ3) is 5.37. The molecule has 210 valence electrons. The van der Waals surface area contributed by atoms with E-state index in [0.29, 0.717) is 61.5 Å². The Bertz CT molecular complexity index is 1370. The van der Waals surface area contributed by atoms with Gasteiger partial charge in [0.25, 0.3) is 0 Å². The Kier molecular flexibility index (Phi) is 6.91. The predicted octanol–water partition coefficient (Wildman–Crippen LogP) is 5.02. The van der Waals surface area contributed by atoms with Gasteiger partial charge in [-0.25, -0.2) is 4.39 Å². The summed E-state index contributed by atoms with van der Waals surface area (Å²) in [5.74, 6) is 1.19. The van der Waals surface area contributed by atoms with E-state index in [2.05, 4.69) is 21.0 Å². The molecule has 0 atom stereocenters. The number of likely N-dealkylation sites (tertiary alicyclic amines) is 2. The van der Waals surface area contributed by atoms with Gasteiger partial charge in [-0.3, -0.25) is 9.69 Å². The molecular weight excluding hydrogens is 511 g/mol. The summed E-state index contributed by atoms with van der Waals surface area (Å²) in [6, 6.07) is 12.4. The van der Waals surface area contributed by atoms with E-state index in [1.165, 1.54) is 25.0 Å². The van der Waals surface area contributed by atoms with E-state index in [9.17, 15) is 19.6 Å². The van der Waals surface area contributed by atoms with Gasteiger partial charge in [-0.2, -0.15) is 5.26 Å². The van der Waals surface area contributed by atoms with Crippen molar-refractivity contribution in [3.63, 3.8) is 0 Å². The van der Waals surface area contributed by atoms with Crippen molar-refractivity contribution in [3.05, 3.63) is 53.3 Å². The molecule has 1 N–H and O–H groups in total. The van der Waals surface area contributed by atoms with Crippen molar-refractivity contribution in [1.82, 2.24) is 9.80 Å². The number of nitrogens with zero attached hydrogens (tertiary/aromatic N) is 4. The minimum Gasteiger partial charge on any atom is -0.493 e. The van der Waals surface area contributed by atoms with Crippen LogP contribution in [-0.2, 0) is 16.2 Å². The Morgan fingerprint density at radius 2 is 1.98 bits per heavy atom. The maximum Gasteiger partial charge on any atom is 0.309 e. The summed E-state index contributed by atoms with van der Waals surface area (Å²) in [6.45, 7) is 5.97. The Labute approximate surface area is 234 Å². The van der Waals surface area contributed by atoms with E-state index >= 15 is 0 Å². The fourth-order valence-corrected chi connectivity index (χ4v) is 6.00. The zero-order chi connectivity index (χ0) is 27.9. The van der Waals surface area contributed by atoms with Gasteiger partial charge in [0.05, 0.1) is 30.1 Å². The van der Waals surface area contributed by atoms with Crippen molar-refractivity contribution in [3.8, 4) is 22.9 Å². The second kappa shape index (κ2) is 10.4. The van der Waals surface area contributed by atoms with Crippen molar-refractivity contribution in [2.24, 2.45) is 16.5 Å². The molecular formula is C31H35FN4O4. The average Bonchev–Trinajstić information content (AvgIpc) is 3.65. The molecule has 4 aliphatic rings. The largest absolute Gasteiger partial charge is 0.493 e. The fourth-order valence-electron chi connectivity index (χ4n) is 6.00. The molecule has 2 aromatic rings. The Balaban J connectivity index is 1.09. The van der Waals surface area contributed by atoms with Gasteiger partial charge in [-0.15, -0.1) is 0 Å². The number of hydrogen-bond donors (Lipinski definition) is 1. The molecule has 3 heterocycles. The SMILES string of the molecule is CC1(C(=O)O)CCN(C2=NOC3(C2)CN(Cc2ccc(-c4cc(C#N)ccc4F)c(OCCC4CC4)c2)C3)CC1. The number of carboxylic acid groups (broad SMARTS) is 1. The third-order valence-corrected chi connectivity index (χ3v) is 8.92. The number of ether oxygens (including phenoxy) is 1. The monoisotopic (exact) mass is 546 g/mol. The number of piperidine rings is 1. The quantitative estimate of drug-likeness (QED) is 0.497. The molecule has 2 saturated heterocycles. The van der Waals surface area contributed by atoms with Crippen LogP contribution < -0.4 is 4.74 Å². The predicted molar refractivity (Wildman–Crippen MR) is 147 cm³/mol. The van der Waals surface area contributed by atoms with Crippen LogP contribution in [0.3, 0.4) is 0 Å². The minimum absolute atomic E-state index is 0.326. The lowest BCUT2D eigenvalue weighted by Gasteiger charge is -2.45. The van der Waals surface area contributed by atoms with Gasteiger partial charge in [0.2, 0.25) is 0 Å². The van der Waals surface area contributed by atoms with E-state index in [4.69, 9.17) is 9.57 Å². The maximum atomic E-state index is 14.8. The van der Waals surface area contributed by atoms with Crippen molar-refractivity contribution in [2.45, 2.75) is 57.6 Å². The highest BCUT2D eigenvalue weighted by molar-refractivity contribution is 5.85. The van der Waals surface area contributed by atoms with E-state index in [1.807, 2.05) is 25.1 Å². The number of carbonyl (C=O) groups is 1. The van der Waals surface area contributed by atoms with Crippen LogP contribution in [-0.4, -0.2) is 65.1 Å². The molecule has 8 nitrogen and oxygen atoms in total. The van der Waals surface area contributed by atoms with Gasteiger partial charge >= 0.3 is 5.97 Å². The molecule has 2 aromatic carbocycles. The number of carboxylic acids is 1. The molecule has 1 spiro atoms. The summed E-state index contributed by atoms with van der Waals surface area (Å²) in [4.78, 5) is 22.0. The first kappa shape index (κ1) is 26.6. The third-order valence-electron chi connectivity index (χ3n) is 8.92. The van der Waals surface area contributed by atoms with Crippen molar-refractivity contribution < 1.29 is 23.9 Å². The van der Waals surface area contributed by atoms with Crippen LogP contribution in [0.25, 0.3) is 11.1 Å². The van der Waals surface area contributed by atoms with Gasteiger partial charge in [-0.1, -0.05) is 30.1 Å². The smallest absolute Gasteiger partial charge is 0.309 e. The van der Waals surface area contributed by atoms with Crippen molar-refractivity contribution in [1.29, 1.82) is 5.26 Å². The highest BCUT2D eigenvalue weighted by Crippen LogP contribution is 2.40. The molecule has 1 aliphatic carbocycles. The lowest BCUT2D eigenvalue weighted by Crippen LogP contribution is -2.61. The second-order valence-electron chi connectivity index (χ2n) is 12.2. The van der Waals surface area contributed by atoms with Crippen LogP contribution >= 0.6 is 0 Å². The number of nitriles is 1. The number of benzene rings is 2. The topological polar surface area (TPSA) is 98.4 Å². The summed E-state index contributed by atoms with van der Waals surface area (Å²) in [7, 11) is 0. The van der Waals surface area contributed by atoms with Crippen molar-refractivity contribution >= 4 is 11.8 Å². The first-order chi connectivity index (χ1) is 19.3. The molecule has 1 saturated carbocycles. The number of amidine groups is 1. The van der Waals surface area contributed by atoms with Crippen LogP contribution in [0.15, 0.2) is 41.6 Å². The lowest BCUT2D eigenvalue weighted by molar-refractivity contribution is -0.150. The van der Waals surface area contributed by atoms with Gasteiger partial charge < -0.3 is 19.6 Å². The number of aliphatic carboxylic acids is 1. The first-order valence-electron chi connectivity index (χ1n) is 14.2. The average molecular weight is 547 g/mol. The minimum atomic E-state index is -0.729. The first-order valence-corrected chi connectivity index (χ1v) is 14.2. The number of hydrogen-bond acceptors (Lipinski definition) is 7. The molecule has 40 heavy (non-hydrogen) atoms. The molecule has 0 aromatic heterocycles. The standard InChI is InChI=1S/C31H35FN4O4/c1-30(29(37)38)9-11-36(12-10-30)28-16-31(40-34-28)19-35(20-31)18-23-4-6-24(25-14-22(17-33)5-7-26(25)32)27(15-23)39-13-8-21-2-3-21/h4-7,14-15,21H,2-3,8-13,16,18-20H2,1H3,(H,37,38). The molecule has 0 amide bonds. The summed E-state index contributed by atoms with van der Waals surface area (Å²) >= 11 is 0. The summed E-state index contributed by atoms with van der Waals surface area (Å²) in [5, 5.41) is 23.2. The highest BCUT2D eigenvalue weighted by Gasteiger charge is 2.51. The van der Waals surface area contributed by atoms with E-state index in [-0.39, 0.29) is 11.4 Å². The van der Waals surface area contributed by atoms with Crippen LogP contribution in [0.5, 0.6) is 5.75 Å². The molecule has 0 radical (unpaired) electrons. The number of halogens is 1. The fraction of sp³-hybridized carbons (Fsp3) is 0.516. The van der Waals surface area contributed by atoms with Gasteiger partial charge in [0, 0.05) is 43.9 Å². The summed E-state index contributed by atoms with van der Waals surface area (Å²) in [6.07, 6.45) is 5.43. The Morgan fingerprint density at radius 3 is 2.67 bits per heavy atom. The second-order valence-corrected chi connectivity index (χ2v) is 12.2. The van der Waals surface area contributed by atoms with Crippen LogP contribution in [0, 0.1) is 28.5 Å². The van der Waals surface area contributed by atoms with Crippen molar-refractivity contribution in [2.75, 3.05) is 32.8 Å². The van der Waals surface area contributed by atoms with Gasteiger partial charge in [-0.05, 0) is 61.9 Å². The molecule has 0 unspecified atom stereocenters. The van der Waals surface area contributed by atoms with Crippen LogP contribution in [0.4, 0.5) is 4.39 Å². The Hall–Kier alpha value is -3.64. The molecule has 6 rings (SSSR count). The van der Waals surface area contributed by atoms with Gasteiger partial charge in [0.15, 0.2) is 5.60 Å². The highest BCUT2D eigenvalue weighted by atomic mass is 19.1. The molecule has 3 fully saturated rings. The molecule has 3 aliphatic heterocycles. The summed E-state index contributed by atoms with van der Waals surface area (Å²) < 4.78 is 21.0. The zero-order valence-corrected chi connectivity index (χ0v) is 22.9. The molecule has 0 bridgehead atoms. The van der Waals surface area contributed by atoms with E-state index < -0.39 is 11.4 Å². The normalized spacial score (nSPS) is 21.3.